The van der Waals surface area contributed by atoms with E-state index in [9.17, 15) is 25.1 Å². The molecule has 0 saturated heterocycles. The van der Waals surface area contributed by atoms with Crippen LogP contribution in [0.5, 0.6) is 0 Å². The molecule has 0 fully saturated rings. The molecule has 0 spiro atoms. The Bertz CT molecular complexity index is 653. The fraction of sp³-hybridized carbons (Fsp3) is 0.333. The van der Waals surface area contributed by atoms with Crippen molar-refractivity contribution in [2.45, 2.75) is 24.0 Å². The summed E-state index contributed by atoms with van der Waals surface area (Å²) in [4.78, 5) is -0.868. The van der Waals surface area contributed by atoms with Crippen molar-refractivity contribution in [3.05, 3.63) is 24.0 Å². The standard InChI is InChI=1S/C9H11F2NO4S2/c1-6(2)18(15,16)12-9-4-3-7(5-8(9)10)17(11,13)14/h3-6,12H,1-2H3. The summed E-state index contributed by atoms with van der Waals surface area (Å²) in [6.07, 6.45) is 0. The first-order chi connectivity index (χ1) is 8.04. The minimum atomic E-state index is -5.02. The summed E-state index contributed by atoms with van der Waals surface area (Å²) >= 11 is 0. The van der Waals surface area contributed by atoms with Gasteiger partial charge in [0, 0.05) is 0 Å². The van der Waals surface area contributed by atoms with E-state index in [0.717, 1.165) is 12.1 Å². The summed E-state index contributed by atoms with van der Waals surface area (Å²) in [5.41, 5.74) is -0.434. The summed E-state index contributed by atoms with van der Waals surface area (Å²) in [6.45, 7) is 2.78. The Morgan fingerprint density at radius 1 is 1.17 bits per heavy atom. The van der Waals surface area contributed by atoms with Crippen LogP contribution in [-0.2, 0) is 20.2 Å². The summed E-state index contributed by atoms with van der Waals surface area (Å²) in [6, 6.07) is 2.03. The molecule has 1 aromatic rings. The van der Waals surface area contributed by atoms with Gasteiger partial charge in [-0.1, -0.05) is 0 Å². The van der Waals surface area contributed by atoms with Crippen LogP contribution in [0.1, 0.15) is 13.8 Å². The number of anilines is 1. The second kappa shape index (κ2) is 4.81. The molecule has 1 aromatic carbocycles. The zero-order valence-corrected chi connectivity index (χ0v) is 11.1. The summed E-state index contributed by atoms with van der Waals surface area (Å²) in [5, 5.41) is -0.790. The van der Waals surface area contributed by atoms with Crippen LogP contribution in [0.3, 0.4) is 0 Å². The minimum Gasteiger partial charge on any atom is -0.280 e. The van der Waals surface area contributed by atoms with E-state index in [-0.39, 0.29) is 0 Å². The van der Waals surface area contributed by atoms with Crippen LogP contribution in [0, 0.1) is 5.82 Å². The normalized spacial score (nSPS) is 12.7. The molecule has 0 atom stereocenters. The van der Waals surface area contributed by atoms with Gasteiger partial charge in [0.25, 0.3) is 0 Å². The number of hydrogen-bond donors (Lipinski definition) is 1. The van der Waals surface area contributed by atoms with Crippen LogP contribution in [0.25, 0.3) is 0 Å². The van der Waals surface area contributed by atoms with E-state index in [2.05, 4.69) is 0 Å². The Labute approximate surface area is 104 Å². The van der Waals surface area contributed by atoms with Gasteiger partial charge in [-0.15, -0.1) is 3.89 Å². The van der Waals surface area contributed by atoms with Crippen LogP contribution in [0.4, 0.5) is 14.0 Å². The Morgan fingerprint density at radius 3 is 2.11 bits per heavy atom. The number of halogens is 2. The molecule has 1 N–H and O–H groups in total. The van der Waals surface area contributed by atoms with Gasteiger partial charge in [-0.25, -0.2) is 12.8 Å². The maximum absolute atomic E-state index is 13.4. The highest BCUT2D eigenvalue weighted by Crippen LogP contribution is 2.21. The lowest BCUT2D eigenvalue weighted by molar-refractivity contribution is 0.549. The van der Waals surface area contributed by atoms with E-state index in [0.29, 0.717) is 6.07 Å². The molecule has 102 valence electrons. The van der Waals surface area contributed by atoms with E-state index < -0.39 is 41.9 Å². The highest BCUT2D eigenvalue weighted by atomic mass is 32.3. The first kappa shape index (κ1) is 14.8. The fourth-order valence-electron chi connectivity index (χ4n) is 1.00. The first-order valence-electron chi connectivity index (χ1n) is 4.80. The predicted molar refractivity (Wildman–Crippen MR) is 62.4 cm³/mol. The molecule has 0 aliphatic rings. The molecule has 0 aliphatic carbocycles. The van der Waals surface area contributed by atoms with Gasteiger partial charge in [0.2, 0.25) is 10.0 Å². The van der Waals surface area contributed by atoms with Gasteiger partial charge in [-0.2, -0.15) is 8.42 Å². The van der Waals surface area contributed by atoms with Crippen molar-refractivity contribution in [2.75, 3.05) is 4.72 Å². The maximum atomic E-state index is 13.4. The molecule has 1 rings (SSSR count). The van der Waals surface area contributed by atoms with Crippen molar-refractivity contribution in [1.29, 1.82) is 0 Å². The Kier molecular flexibility index (Phi) is 3.96. The van der Waals surface area contributed by atoms with Crippen LogP contribution in [0.15, 0.2) is 23.1 Å². The third kappa shape index (κ3) is 3.39. The summed E-state index contributed by atoms with van der Waals surface area (Å²) in [7, 11) is -8.77. The molecule has 0 aromatic heterocycles. The zero-order chi connectivity index (χ0) is 14.1. The molecule has 0 heterocycles. The lowest BCUT2D eigenvalue weighted by Crippen LogP contribution is -2.23. The van der Waals surface area contributed by atoms with Gasteiger partial charge in [-0.05, 0) is 32.0 Å². The topological polar surface area (TPSA) is 80.3 Å². The molecule has 18 heavy (non-hydrogen) atoms. The number of hydrogen-bond acceptors (Lipinski definition) is 4. The van der Waals surface area contributed by atoms with Crippen LogP contribution < -0.4 is 4.72 Å². The van der Waals surface area contributed by atoms with Gasteiger partial charge < -0.3 is 0 Å². The van der Waals surface area contributed by atoms with E-state index in [1.165, 1.54) is 13.8 Å². The Hall–Kier alpha value is -1.22. The SMILES string of the molecule is CC(C)S(=O)(=O)Nc1ccc(S(=O)(=O)F)cc1F. The van der Waals surface area contributed by atoms with Crippen molar-refractivity contribution in [3.63, 3.8) is 0 Å². The number of rotatable bonds is 4. The van der Waals surface area contributed by atoms with Crippen molar-refractivity contribution in [3.8, 4) is 0 Å². The first-order valence-corrected chi connectivity index (χ1v) is 7.73. The molecule has 0 saturated carbocycles. The minimum absolute atomic E-state index is 0.410. The van der Waals surface area contributed by atoms with E-state index in [4.69, 9.17) is 0 Å². The van der Waals surface area contributed by atoms with Crippen molar-refractivity contribution >= 4 is 25.9 Å². The van der Waals surface area contributed by atoms with Crippen LogP contribution in [0.2, 0.25) is 0 Å². The van der Waals surface area contributed by atoms with Crippen molar-refractivity contribution < 1.29 is 25.1 Å². The lowest BCUT2D eigenvalue weighted by atomic mass is 10.3. The molecule has 0 amide bonds. The summed E-state index contributed by atoms with van der Waals surface area (Å²) in [5.74, 6) is -1.17. The lowest BCUT2D eigenvalue weighted by Gasteiger charge is -2.11. The van der Waals surface area contributed by atoms with Gasteiger partial charge in [-0.3, -0.25) is 4.72 Å². The van der Waals surface area contributed by atoms with E-state index in [1.54, 1.807) is 0 Å². The predicted octanol–water partition coefficient (Wildman–Crippen LogP) is 1.63. The average Bonchev–Trinajstić information content (AvgIpc) is 2.19. The molecule has 9 heteroatoms. The second-order valence-electron chi connectivity index (χ2n) is 3.78. The smallest absolute Gasteiger partial charge is 0.280 e. The van der Waals surface area contributed by atoms with E-state index in [1.807, 2.05) is 4.72 Å². The third-order valence-corrected chi connectivity index (χ3v) is 4.66. The van der Waals surface area contributed by atoms with Gasteiger partial charge >= 0.3 is 10.2 Å². The van der Waals surface area contributed by atoms with Crippen molar-refractivity contribution in [1.82, 2.24) is 0 Å². The highest BCUT2D eigenvalue weighted by molar-refractivity contribution is 7.93. The van der Waals surface area contributed by atoms with Gasteiger partial charge in [0.05, 0.1) is 10.9 Å². The van der Waals surface area contributed by atoms with Crippen molar-refractivity contribution in [2.24, 2.45) is 0 Å². The number of benzene rings is 1. The molecule has 0 aliphatic heterocycles. The molecule has 5 nitrogen and oxygen atoms in total. The molecule has 0 radical (unpaired) electrons. The number of sulfonamides is 1. The largest absolute Gasteiger partial charge is 0.332 e. The van der Waals surface area contributed by atoms with Crippen LogP contribution in [-0.4, -0.2) is 22.1 Å². The third-order valence-electron chi connectivity index (χ3n) is 2.09. The van der Waals surface area contributed by atoms with Gasteiger partial charge in [0.1, 0.15) is 10.7 Å². The monoisotopic (exact) mass is 299 g/mol. The zero-order valence-electron chi connectivity index (χ0n) is 9.51. The number of nitrogens with one attached hydrogen (secondary N) is 1. The van der Waals surface area contributed by atoms with Crippen LogP contribution >= 0.6 is 0 Å². The molecular formula is C9H11F2NO4S2. The maximum Gasteiger partial charge on any atom is 0.332 e. The molecule has 0 bridgehead atoms. The Morgan fingerprint density at radius 2 is 1.72 bits per heavy atom. The molecular weight excluding hydrogens is 288 g/mol. The second-order valence-corrected chi connectivity index (χ2v) is 7.36. The van der Waals surface area contributed by atoms with E-state index >= 15 is 0 Å². The Balaban J connectivity index is 3.16. The fourth-order valence-corrected chi connectivity index (χ4v) is 2.18. The molecule has 0 unspecified atom stereocenters. The van der Waals surface area contributed by atoms with Gasteiger partial charge in [0.15, 0.2) is 0 Å². The highest BCUT2D eigenvalue weighted by Gasteiger charge is 2.19. The average molecular weight is 299 g/mol. The quantitative estimate of drug-likeness (QED) is 0.857. The summed E-state index contributed by atoms with van der Waals surface area (Å²) < 4.78 is 71.9.